The molecule has 0 aromatic heterocycles. The Labute approximate surface area is 162 Å². The highest BCUT2D eigenvalue weighted by Gasteiger charge is 2.29. The number of hydrogen-bond acceptors (Lipinski definition) is 4. The predicted octanol–water partition coefficient (Wildman–Crippen LogP) is 5.35. The molecular weight excluding hydrogens is 360 g/mol. The number of ether oxygens (including phenoxy) is 1. The molecule has 0 radical (unpaired) electrons. The van der Waals surface area contributed by atoms with Crippen LogP contribution < -0.4 is 0 Å². The van der Waals surface area contributed by atoms with Gasteiger partial charge in [-0.3, -0.25) is 0 Å². The molecule has 0 bridgehead atoms. The van der Waals surface area contributed by atoms with Crippen molar-refractivity contribution < 1.29 is 17.9 Å². The number of benzene rings is 2. The van der Waals surface area contributed by atoms with E-state index in [4.69, 9.17) is 4.74 Å². The highest BCUT2D eigenvalue weighted by molar-refractivity contribution is 7.91. The van der Waals surface area contributed by atoms with Crippen molar-refractivity contribution in [1.82, 2.24) is 0 Å². The summed E-state index contributed by atoms with van der Waals surface area (Å²) in [5.41, 5.74) is 0.537. The second kappa shape index (κ2) is 8.70. The molecule has 1 atom stereocenters. The molecule has 0 aliphatic carbocycles. The maximum absolute atomic E-state index is 13.2. The Morgan fingerprint density at radius 1 is 1.00 bits per heavy atom. The summed E-state index contributed by atoms with van der Waals surface area (Å²) in [6.07, 6.45) is 2.26. The van der Waals surface area contributed by atoms with E-state index in [0.717, 1.165) is 12.8 Å². The van der Waals surface area contributed by atoms with Gasteiger partial charge >= 0.3 is 5.97 Å². The van der Waals surface area contributed by atoms with Crippen LogP contribution in [0.3, 0.4) is 0 Å². The van der Waals surface area contributed by atoms with Gasteiger partial charge in [0.1, 0.15) is 5.60 Å². The first-order valence-corrected chi connectivity index (χ1v) is 10.8. The van der Waals surface area contributed by atoms with E-state index < -0.39 is 26.7 Å². The molecule has 5 heteroatoms. The highest BCUT2D eigenvalue weighted by atomic mass is 32.2. The molecule has 0 fully saturated rings. The average Bonchev–Trinajstić information content (AvgIpc) is 2.61. The molecule has 1 unspecified atom stereocenters. The minimum absolute atomic E-state index is 0.322. The fourth-order valence-corrected chi connectivity index (χ4v) is 4.69. The zero-order valence-electron chi connectivity index (χ0n) is 16.4. The monoisotopic (exact) mass is 388 g/mol. The Kier molecular flexibility index (Phi) is 6.82. The molecule has 0 saturated carbocycles. The lowest BCUT2D eigenvalue weighted by Crippen LogP contribution is -2.23. The number of rotatable bonds is 7. The van der Waals surface area contributed by atoms with Crippen molar-refractivity contribution in [2.75, 3.05) is 0 Å². The minimum Gasteiger partial charge on any atom is -0.456 e. The molecule has 0 aliphatic heterocycles. The van der Waals surface area contributed by atoms with E-state index in [2.05, 4.69) is 0 Å². The van der Waals surface area contributed by atoms with E-state index in [1.807, 2.05) is 27.7 Å². The third kappa shape index (κ3) is 5.67. The van der Waals surface area contributed by atoms with E-state index in [-0.39, 0.29) is 0 Å². The van der Waals surface area contributed by atoms with E-state index in [0.29, 0.717) is 22.4 Å². The zero-order valence-corrected chi connectivity index (χ0v) is 17.3. The number of sulfone groups is 1. The van der Waals surface area contributed by atoms with Crippen LogP contribution in [0.15, 0.2) is 59.5 Å². The van der Waals surface area contributed by atoms with Crippen LogP contribution in [0.25, 0.3) is 0 Å². The number of carbonyl (C=O) groups is 1. The van der Waals surface area contributed by atoms with Gasteiger partial charge in [-0.2, -0.15) is 0 Å². The summed E-state index contributed by atoms with van der Waals surface area (Å²) in [6, 6.07) is 15.2. The van der Waals surface area contributed by atoms with Gasteiger partial charge in [0.2, 0.25) is 0 Å². The first kappa shape index (κ1) is 21.2. The standard InChI is InChI=1S/C22H28O4S/c1-5-6-12-20(27(24,25)19-10-8-7-9-11-19)17-13-15-18(16-14-17)21(23)26-22(2,3)4/h7-11,13-16,20H,5-6,12H2,1-4H3. The van der Waals surface area contributed by atoms with Crippen LogP contribution in [0.4, 0.5) is 0 Å². The van der Waals surface area contributed by atoms with E-state index in [9.17, 15) is 13.2 Å². The molecular formula is C22H28O4S. The maximum Gasteiger partial charge on any atom is 0.338 e. The van der Waals surface area contributed by atoms with Crippen LogP contribution in [-0.4, -0.2) is 20.0 Å². The molecule has 0 amide bonds. The van der Waals surface area contributed by atoms with Crippen molar-refractivity contribution in [2.24, 2.45) is 0 Å². The SMILES string of the molecule is CCCCC(c1ccc(C(=O)OC(C)(C)C)cc1)S(=O)(=O)c1ccccc1. The normalized spacial score (nSPS) is 13.2. The van der Waals surface area contributed by atoms with Gasteiger partial charge in [0.15, 0.2) is 9.84 Å². The lowest BCUT2D eigenvalue weighted by atomic mass is 10.0. The van der Waals surface area contributed by atoms with Crippen molar-refractivity contribution >= 4 is 15.8 Å². The number of hydrogen-bond donors (Lipinski definition) is 0. The van der Waals surface area contributed by atoms with Crippen molar-refractivity contribution in [3.63, 3.8) is 0 Å². The van der Waals surface area contributed by atoms with Gasteiger partial charge in [-0.25, -0.2) is 13.2 Å². The topological polar surface area (TPSA) is 60.4 Å². The Morgan fingerprint density at radius 3 is 2.11 bits per heavy atom. The Balaban J connectivity index is 2.33. The molecule has 27 heavy (non-hydrogen) atoms. The summed E-state index contributed by atoms with van der Waals surface area (Å²) in [6.45, 7) is 7.48. The van der Waals surface area contributed by atoms with Crippen LogP contribution in [0.2, 0.25) is 0 Å². The first-order valence-electron chi connectivity index (χ1n) is 9.27. The molecule has 4 nitrogen and oxygen atoms in total. The largest absolute Gasteiger partial charge is 0.456 e. The summed E-state index contributed by atoms with van der Waals surface area (Å²) in [7, 11) is -3.50. The number of carbonyl (C=O) groups excluding carboxylic acids is 1. The van der Waals surface area contributed by atoms with E-state index >= 15 is 0 Å². The third-order valence-corrected chi connectivity index (χ3v) is 6.37. The van der Waals surface area contributed by atoms with E-state index in [1.165, 1.54) is 0 Å². The highest BCUT2D eigenvalue weighted by Crippen LogP contribution is 2.33. The van der Waals surface area contributed by atoms with Gasteiger partial charge in [0, 0.05) is 0 Å². The Hall–Kier alpha value is -2.14. The van der Waals surface area contributed by atoms with Crippen LogP contribution in [0.1, 0.15) is 68.1 Å². The molecule has 146 valence electrons. The van der Waals surface area contributed by atoms with Crippen LogP contribution in [-0.2, 0) is 14.6 Å². The lowest BCUT2D eigenvalue weighted by Gasteiger charge is -2.20. The molecule has 2 aromatic rings. The molecule has 0 N–H and O–H groups in total. The van der Waals surface area contributed by atoms with Crippen molar-refractivity contribution in [3.8, 4) is 0 Å². The summed E-state index contributed by atoms with van der Waals surface area (Å²) in [5, 5.41) is -0.632. The minimum atomic E-state index is -3.50. The van der Waals surface area contributed by atoms with Gasteiger partial charge in [-0.15, -0.1) is 0 Å². The van der Waals surface area contributed by atoms with Gasteiger partial charge in [-0.05, 0) is 57.0 Å². The van der Waals surface area contributed by atoms with Crippen molar-refractivity contribution in [3.05, 3.63) is 65.7 Å². The predicted molar refractivity (Wildman–Crippen MR) is 108 cm³/mol. The lowest BCUT2D eigenvalue weighted by molar-refractivity contribution is 0.00695. The fourth-order valence-electron chi connectivity index (χ4n) is 2.84. The second-order valence-corrected chi connectivity index (χ2v) is 9.74. The van der Waals surface area contributed by atoms with Gasteiger partial charge in [0.25, 0.3) is 0 Å². The third-order valence-electron chi connectivity index (χ3n) is 4.18. The van der Waals surface area contributed by atoms with Gasteiger partial charge in [0.05, 0.1) is 15.7 Å². The smallest absolute Gasteiger partial charge is 0.338 e. The van der Waals surface area contributed by atoms with Crippen LogP contribution in [0.5, 0.6) is 0 Å². The van der Waals surface area contributed by atoms with E-state index in [1.54, 1.807) is 54.6 Å². The maximum atomic E-state index is 13.2. The van der Waals surface area contributed by atoms with Crippen molar-refractivity contribution in [1.29, 1.82) is 0 Å². The van der Waals surface area contributed by atoms with Gasteiger partial charge in [-0.1, -0.05) is 50.1 Å². The molecule has 0 aliphatic rings. The molecule has 0 heterocycles. The van der Waals surface area contributed by atoms with Gasteiger partial charge < -0.3 is 4.74 Å². The van der Waals surface area contributed by atoms with Crippen LogP contribution >= 0.6 is 0 Å². The summed E-state index contributed by atoms with van der Waals surface area (Å²) >= 11 is 0. The molecule has 0 saturated heterocycles. The average molecular weight is 389 g/mol. The van der Waals surface area contributed by atoms with Crippen LogP contribution in [0, 0.1) is 0 Å². The Morgan fingerprint density at radius 2 is 1.59 bits per heavy atom. The quantitative estimate of drug-likeness (QED) is 0.600. The number of esters is 1. The zero-order chi connectivity index (χ0) is 20.1. The fraction of sp³-hybridized carbons (Fsp3) is 0.409. The summed E-state index contributed by atoms with van der Waals surface area (Å²) in [4.78, 5) is 12.5. The van der Waals surface area contributed by atoms with Crippen molar-refractivity contribution in [2.45, 2.75) is 62.7 Å². The second-order valence-electron chi connectivity index (χ2n) is 7.61. The molecule has 2 rings (SSSR count). The molecule has 2 aromatic carbocycles. The molecule has 0 spiro atoms. The first-order chi connectivity index (χ1) is 12.6. The summed E-state index contributed by atoms with van der Waals surface area (Å²) in [5.74, 6) is -0.412. The Bertz CT molecular complexity index is 847. The summed E-state index contributed by atoms with van der Waals surface area (Å²) < 4.78 is 31.7. The number of unbranched alkanes of at least 4 members (excludes halogenated alkanes) is 1.